The zero-order valence-electron chi connectivity index (χ0n) is 5.91. The lowest BCUT2D eigenvalue weighted by Crippen LogP contribution is -2.34. The van der Waals surface area contributed by atoms with E-state index in [1.165, 1.54) is 0 Å². The number of hydrogen-bond acceptors (Lipinski definition) is 1. The Kier molecular flexibility index (Phi) is 3.06. The third-order valence-corrected chi connectivity index (χ3v) is 1.56. The lowest BCUT2D eigenvalue weighted by Gasteiger charge is -2.20. The Labute approximate surface area is 52.3 Å². The van der Waals surface area contributed by atoms with Crippen molar-refractivity contribution in [3.8, 4) is 0 Å². The first-order valence-corrected chi connectivity index (χ1v) is 3.20. The molecule has 2 N–H and O–H groups in total. The first kappa shape index (κ1) is 7.96. The van der Waals surface area contributed by atoms with Crippen molar-refractivity contribution >= 4 is 0 Å². The average molecular weight is 114 g/mol. The van der Waals surface area contributed by atoms with Crippen LogP contribution < -0.4 is 5.73 Å². The fraction of sp³-hybridized carbons (Fsp3) is 0.857. The monoisotopic (exact) mass is 114 g/mol. The zero-order valence-corrected chi connectivity index (χ0v) is 5.91. The number of rotatable bonds is 3. The van der Waals surface area contributed by atoms with Gasteiger partial charge >= 0.3 is 0 Å². The van der Waals surface area contributed by atoms with Gasteiger partial charge in [0.2, 0.25) is 0 Å². The van der Waals surface area contributed by atoms with Gasteiger partial charge in [-0.1, -0.05) is 20.3 Å². The summed E-state index contributed by atoms with van der Waals surface area (Å²) in [6, 6.07) is 0. The van der Waals surface area contributed by atoms with Crippen LogP contribution in [0.2, 0.25) is 0 Å². The van der Waals surface area contributed by atoms with E-state index in [1.807, 2.05) is 0 Å². The molecule has 0 spiro atoms. The summed E-state index contributed by atoms with van der Waals surface area (Å²) in [7, 11) is 0. The molecule has 0 aromatic heterocycles. The Hall–Kier alpha value is -0.0400. The maximum atomic E-state index is 5.79. The molecule has 0 heterocycles. The van der Waals surface area contributed by atoms with E-state index in [0.29, 0.717) is 0 Å². The summed E-state index contributed by atoms with van der Waals surface area (Å²) < 4.78 is 0. The van der Waals surface area contributed by atoms with E-state index in [4.69, 9.17) is 5.73 Å². The summed E-state index contributed by atoms with van der Waals surface area (Å²) in [5, 5.41) is 0. The molecule has 0 rings (SSSR count). The van der Waals surface area contributed by atoms with Gasteiger partial charge in [-0.2, -0.15) is 0 Å². The van der Waals surface area contributed by atoms with Crippen molar-refractivity contribution < 1.29 is 0 Å². The van der Waals surface area contributed by atoms with Crippen LogP contribution in [0.3, 0.4) is 0 Å². The van der Waals surface area contributed by atoms with E-state index < -0.39 is 0 Å². The minimum Gasteiger partial charge on any atom is -0.325 e. The lowest BCUT2D eigenvalue weighted by molar-refractivity contribution is 0.421. The predicted octanol–water partition coefficient (Wildman–Crippen LogP) is 1.73. The van der Waals surface area contributed by atoms with Crippen LogP contribution in [-0.2, 0) is 0 Å². The number of nitrogens with two attached hydrogens (primary N) is 1. The van der Waals surface area contributed by atoms with Crippen LogP contribution >= 0.6 is 0 Å². The van der Waals surface area contributed by atoms with Crippen molar-refractivity contribution in [2.45, 2.75) is 38.6 Å². The van der Waals surface area contributed by atoms with Gasteiger partial charge in [-0.25, -0.2) is 0 Å². The lowest BCUT2D eigenvalue weighted by atomic mass is 9.95. The molecule has 8 heavy (non-hydrogen) atoms. The van der Waals surface area contributed by atoms with Crippen molar-refractivity contribution in [2.75, 3.05) is 0 Å². The van der Waals surface area contributed by atoms with E-state index in [-0.39, 0.29) is 5.54 Å². The smallest absolute Gasteiger partial charge is 0.0123 e. The normalized spacial score (nSPS) is 18.0. The molecule has 1 unspecified atom stereocenters. The Morgan fingerprint density at radius 2 is 2.12 bits per heavy atom. The molecule has 0 aromatic rings. The molecule has 49 valence electrons. The van der Waals surface area contributed by atoms with Gasteiger partial charge in [0.1, 0.15) is 0 Å². The molecule has 0 fully saturated rings. The highest BCUT2D eigenvalue weighted by Gasteiger charge is 2.12. The van der Waals surface area contributed by atoms with E-state index in [2.05, 4.69) is 20.8 Å². The summed E-state index contributed by atoms with van der Waals surface area (Å²) in [5.74, 6) is 0. The Balaban J connectivity index is 3.37. The highest BCUT2D eigenvalue weighted by atomic mass is 14.7. The molecule has 1 atom stereocenters. The van der Waals surface area contributed by atoms with Gasteiger partial charge in [0.15, 0.2) is 0 Å². The summed E-state index contributed by atoms with van der Waals surface area (Å²) >= 11 is 0. The second kappa shape index (κ2) is 3.08. The highest BCUT2D eigenvalue weighted by molar-refractivity contribution is 4.75. The number of hydrogen-bond donors (Lipinski definition) is 1. The van der Waals surface area contributed by atoms with Crippen molar-refractivity contribution in [3.05, 3.63) is 6.92 Å². The molecule has 0 bridgehead atoms. The van der Waals surface area contributed by atoms with Gasteiger partial charge in [0.25, 0.3) is 0 Å². The summed E-state index contributed by atoms with van der Waals surface area (Å²) in [4.78, 5) is 0. The van der Waals surface area contributed by atoms with Crippen molar-refractivity contribution in [1.29, 1.82) is 0 Å². The molecule has 1 radical (unpaired) electrons. The van der Waals surface area contributed by atoms with E-state index in [1.54, 1.807) is 0 Å². The Morgan fingerprint density at radius 3 is 2.25 bits per heavy atom. The van der Waals surface area contributed by atoms with E-state index in [0.717, 1.165) is 19.3 Å². The standard InChI is InChI=1S/C7H16N/c1-4-6-7(3,8)5-2/h1,4-6,8H2,2-3H3. The van der Waals surface area contributed by atoms with Crippen molar-refractivity contribution in [2.24, 2.45) is 5.73 Å². The molecule has 0 aromatic carbocycles. The average Bonchev–Trinajstić information content (AvgIpc) is 1.67. The van der Waals surface area contributed by atoms with E-state index >= 15 is 0 Å². The Morgan fingerprint density at radius 1 is 1.62 bits per heavy atom. The maximum absolute atomic E-state index is 5.79. The van der Waals surface area contributed by atoms with Crippen LogP contribution in [-0.4, -0.2) is 5.54 Å². The summed E-state index contributed by atoms with van der Waals surface area (Å²) in [6.45, 7) is 7.91. The molecule has 0 aliphatic rings. The molecule has 0 saturated carbocycles. The fourth-order valence-corrected chi connectivity index (χ4v) is 0.581. The second-order valence-corrected chi connectivity index (χ2v) is 2.61. The SMILES string of the molecule is [CH2]CCC(C)(N)CC. The summed E-state index contributed by atoms with van der Waals surface area (Å²) in [6.07, 6.45) is 3.02. The van der Waals surface area contributed by atoms with Crippen molar-refractivity contribution in [1.82, 2.24) is 0 Å². The topological polar surface area (TPSA) is 26.0 Å². The van der Waals surface area contributed by atoms with Gasteiger partial charge < -0.3 is 5.73 Å². The summed E-state index contributed by atoms with van der Waals surface area (Å²) in [5.41, 5.74) is 5.82. The first-order chi connectivity index (χ1) is 3.62. The van der Waals surface area contributed by atoms with Gasteiger partial charge in [-0.05, 0) is 19.8 Å². The van der Waals surface area contributed by atoms with Gasteiger partial charge in [0.05, 0.1) is 0 Å². The molecular weight excluding hydrogens is 98.1 g/mol. The van der Waals surface area contributed by atoms with Gasteiger partial charge in [-0.3, -0.25) is 0 Å². The van der Waals surface area contributed by atoms with Crippen LogP contribution in [0.4, 0.5) is 0 Å². The van der Waals surface area contributed by atoms with Crippen LogP contribution in [0.15, 0.2) is 0 Å². The minimum absolute atomic E-state index is 0.0295. The van der Waals surface area contributed by atoms with Crippen LogP contribution in [0.5, 0.6) is 0 Å². The van der Waals surface area contributed by atoms with E-state index in [9.17, 15) is 0 Å². The third kappa shape index (κ3) is 3.03. The predicted molar refractivity (Wildman–Crippen MR) is 37.5 cm³/mol. The molecule has 0 saturated heterocycles. The minimum atomic E-state index is 0.0295. The third-order valence-electron chi connectivity index (χ3n) is 1.56. The molecule has 1 heteroatoms. The van der Waals surface area contributed by atoms with Gasteiger partial charge in [0, 0.05) is 5.54 Å². The molecule has 0 aliphatic heterocycles. The second-order valence-electron chi connectivity index (χ2n) is 2.61. The van der Waals surface area contributed by atoms with Crippen molar-refractivity contribution in [3.63, 3.8) is 0 Å². The quantitative estimate of drug-likeness (QED) is 0.594. The fourth-order valence-electron chi connectivity index (χ4n) is 0.581. The maximum Gasteiger partial charge on any atom is 0.0123 e. The molecular formula is C7H16N. The highest BCUT2D eigenvalue weighted by Crippen LogP contribution is 2.11. The molecule has 0 aliphatic carbocycles. The molecule has 0 amide bonds. The first-order valence-electron chi connectivity index (χ1n) is 3.20. The van der Waals surface area contributed by atoms with Crippen LogP contribution in [0.1, 0.15) is 33.1 Å². The van der Waals surface area contributed by atoms with Crippen LogP contribution in [0.25, 0.3) is 0 Å². The van der Waals surface area contributed by atoms with Crippen LogP contribution in [0, 0.1) is 6.92 Å². The molecule has 1 nitrogen and oxygen atoms in total. The largest absolute Gasteiger partial charge is 0.325 e. The Bertz CT molecular complexity index is 57.4. The van der Waals surface area contributed by atoms with Gasteiger partial charge in [-0.15, -0.1) is 0 Å². The zero-order chi connectivity index (χ0) is 6.62.